The molecule has 2 aromatic rings. The van der Waals surface area contributed by atoms with Gasteiger partial charge in [-0.3, -0.25) is 24.0 Å². The van der Waals surface area contributed by atoms with E-state index in [2.05, 4.69) is 20.9 Å². The average molecular weight is 504 g/mol. The topological polar surface area (TPSA) is 204 Å². The van der Waals surface area contributed by atoms with Gasteiger partial charge in [0.05, 0.1) is 12.5 Å². The number of carbonyl (C=O) groups is 5. The van der Waals surface area contributed by atoms with Crippen molar-refractivity contribution in [1.82, 2.24) is 20.9 Å². The fraction of sp³-hybridized carbons (Fsp3) is 0.458. The summed E-state index contributed by atoms with van der Waals surface area (Å²) >= 11 is 0. The number of amides is 3. The molecule has 196 valence electrons. The molecule has 0 saturated heterocycles. The van der Waals surface area contributed by atoms with Crippen molar-refractivity contribution in [2.45, 2.75) is 64.2 Å². The maximum Gasteiger partial charge on any atom is 0.325 e. The summed E-state index contributed by atoms with van der Waals surface area (Å²) in [6.07, 6.45) is 1.57. The first-order chi connectivity index (χ1) is 16.9. The smallest absolute Gasteiger partial charge is 0.325 e. The van der Waals surface area contributed by atoms with Crippen LogP contribution in [0.1, 0.15) is 39.2 Å². The van der Waals surface area contributed by atoms with E-state index in [1.165, 1.54) is 6.92 Å². The van der Waals surface area contributed by atoms with Gasteiger partial charge in [-0.1, -0.05) is 38.5 Å². The second kappa shape index (κ2) is 12.7. The van der Waals surface area contributed by atoms with Gasteiger partial charge in [-0.05, 0) is 24.5 Å². The van der Waals surface area contributed by atoms with Crippen LogP contribution in [0.15, 0.2) is 30.5 Å². The van der Waals surface area contributed by atoms with Crippen LogP contribution in [0, 0.1) is 5.92 Å². The van der Waals surface area contributed by atoms with Crippen LogP contribution in [-0.2, 0) is 30.4 Å². The Morgan fingerprint density at radius 3 is 2.17 bits per heavy atom. The number of rotatable bonds is 13. The first-order valence-electron chi connectivity index (χ1n) is 11.6. The van der Waals surface area contributed by atoms with E-state index < -0.39 is 60.2 Å². The number of aliphatic carboxylic acids is 2. The number of fused-ring (bicyclic) bond motifs is 1. The SMILES string of the molecule is CCC(C)C(N)C(=O)NC(Cc1c[nH]c2ccccc12)C(=O)NC(CC(=O)O)C(=O)NC(C)C(=O)O. The Kier molecular flexibility index (Phi) is 9.97. The molecule has 0 radical (unpaired) electrons. The Hall–Kier alpha value is -3.93. The summed E-state index contributed by atoms with van der Waals surface area (Å²) < 4.78 is 0. The molecule has 1 heterocycles. The number of aromatic amines is 1. The summed E-state index contributed by atoms with van der Waals surface area (Å²) in [5, 5.41) is 26.2. The molecule has 1 aromatic carbocycles. The van der Waals surface area contributed by atoms with Gasteiger partial charge in [-0.2, -0.15) is 0 Å². The van der Waals surface area contributed by atoms with Crippen LogP contribution >= 0.6 is 0 Å². The van der Waals surface area contributed by atoms with Crippen molar-refractivity contribution in [2.75, 3.05) is 0 Å². The fourth-order valence-corrected chi connectivity index (χ4v) is 3.54. The minimum absolute atomic E-state index is 0.0295. The summed E-state index contributed by atoms with van der Waals surface area (Å²) in [4.78, 5) is 64.1. The highest BCUT2D eigenvalue weighted by atomic mass is 16.4. The number of hydrogen-bond acceptors (Lipinski definition) is 6. The highest BCUT2D eigenvalue weighted by Gasteiger charge is 2.32. The van der Waals surface area contributed by atoms with E-state index in [1.807, 2.05) is 31.2 Å². The minimum atomic E-state index is -1.57. The lowest BCUT2D eigenvalue weighted by Gasteiger charge is -2.25. The quantitative estimate of drug-likeness (QED) is 0.199. The van der Waals surface area contributed by atoms with Crippen LogP contribution in [0.4, 0.5) is 0 Å². The molecule has 8 N–H and O–H groups in total. The van der Waals surface area contributed by atoms with Gasteiger partial charge in [0, 0.05) is 23.5 Å². The molecule has 2 rings (SSSR count). The third-order valence-electron chi connectivity index (χ3n) is 6.03. The molecule has 0 fully saturated rings. The Morgan fingerprint density at radius 1 is 0.944 bits per heavy atom. The van der Waals surface area contributed by atoms with Crippen molar-refractivity contribution < 1.29 is 34.2 Å². The number of carbonyl (C=O) groups excluding carboxylic acids is 3. The number of nitrogens with two attached hydrogens (primary N) is 1. The van der Waals surface area contributed by atoms with E-state index >= 15 is 0 Å². The van der Waals surface area contributed by atoms with E-state index in [-0.39, 0.29) is 12.3 Å². The molecule has 3 amide bonds. The van der Waals surface area contributed by atoms with Gasteiger partial charge in [0.15, 0.2) is 0 Å². The predicted molar refractivity (Wildman–Crippen MR) is 131 cm³/mol. The second-order valence-corrected chi connectivity index (χ2v) is 8.76. The number of H-pyrrole nitrogens is 1. The van der Waals surface area contributed by atoms with Gasteiger partial charge in [0.1, 0.15) is 18.1 Å². The van der Waals surface area contributed by atoms with Gasteiger partial charge in [-0.15, -0.1) is 0 Å². The number of aromatic nitrogens is 1. The zero-order chi connectivity index (χ0) is 27.0. The normalized spacial score (nSPS) is 15.2. The lowest BCUT2D eigenvalue weighted by molar-refractivity contribution is -0.143. The van der Waals surface area contributed by atoms with E-state index in [4.69, 9.17) is 10.8 Å². The van der Waals surface area contributed by atoms with E-state index in [9.17, 15) is 29.1 Å². The van der Waals surface area contributed by atoms with Crippen molar-refractivity contribution in [1.29, 1.82) is 0 Å². The van der Waals surface area contributed by atoms with Crippen molar-refractivity contribution in [3.05, 3.63) is 36.0 Å². The molecule has 0 aliphatic heterocycles. The zero-order valence-electron chi connectivity index (χ0n) is 20.4. The molecule has 0 spiro atoms. The van der Waals surface area contributed by atoms with E-state index in [1.54, 1.807) is 13.1 Å². The van der Waals surface area contributed by atoms with Crippen LogP contribution in [-0.4, -0.2) is 69.0 Å². The molecule has 0 bridgehead atoms. The molecule has 0 saturated carbocycles. The molecular weight excluding hydrogens is 470 g/mol. The van der Waals surface area contributed by atoms with Crippen molar-refractivity contribution in [3.63, 3.8) is 0 Å². The zero-order valence-corrected chi connectivity index (χ0v) is 20.4. The molecule has 36 heavy (non-hydrogen) atoms. The lowest BCUT2D eigenvalue weighted by Crippen LogP contribution is -2.58. The standard InChI is InChI=1S/C24H33N5O7/c1-4-12(2)20(25)23(34)29-17(9-14-11-26-16-8-6-5-7-15(14)16)22(33)28-18(10-19(30)31)21(32)27-13(3)24(35)36/h5-8,11-13,17-18,20,26H,4,9-10,25H2,1-3H3,(H,27,32)(H,28,33)(H,29,34)(H,30,31)(H,35,36). The Morgan fingerprint density at radius 2 is 1.56 bits per heavy atom. The van der Waals surface area contributed by atoms with Crippen LogP contribution in [0.5, 0.6) is 0 Å². The number of nitrogens with one attached hydrogen (secondary N) is 4. The molecule has 0 aliphatic rings. The summed E-state index contributed by atoms with van der Waals surface area (Å²) in [6, 6.07) is 2.41. The molecule has 1 aromatic heterocycles. The van der Waals surface area contributed by atoms with Crippen molar-refractivity contribution in [2.24, 2.45) is 11.7 Å². The summed E-state index contributed by atoms with van der Waals surface area (Å²) in [5.41, 5.74) is 7.56. The minimum Gasteiger partial charge on any atom is -0.481 e. The fourth-order valence-electron chi connectivity index (χ4n) is 3.54. The number of para-hydroxylation sites is 1. The van der Waals surface area contributed by atoms with Crippen molar-refractivity contribution in [3.8, 4) is 0 Å². The predicted octanol–water partition coefficient (Wildman–Crippen LogP) is 0.117. The first-order valence-corrected chi connectivity index (χ1v) is 11.6. The van der Waals surface area contributed by atoms with E-state index in [0.29, 0.717) is 12.0 Å². The van der Waals surface area contributed by atoms with Crippen LogP contribution in [0.25, 0.3) is 10.9 Å². The van der Waals surface area contributed by atoms with Gasteiger partial charge >= 0.3 is 11.9 Å². The van der Waals surface area contributed by atoms with Gasteiger partial charge in [-0.25, -0.2) is 0 Å². The summed E-state index contributed by atoms with van der Waals surface area (Å²) in [7, 11) is 0. The third kappa shape index (κ3) is 7.54. The highest BCUT2D eigenvalue weighted by Crippen LogP contribution is 2.19. The first kappa shape index (κ1) is 28.3. The Balaban J connectivity index is 2.31. The molecule has 5 unspecified atom stereocenters. The van der Waals surface area contributed by atoms with Gasteiger partial charge in [0.25, 0.3) is 0 Å². The van der Waals surface area contributed by atoms with Crippen LogP contribution in [0.2, 0.25) is 0 Å². The summed E-state index contributed by atoms with van der Waals surface area (Å²) in [6.45, 7) is 4.88. The van der Waals surface area contributed by atoms with Crippen LogP contribution in [0.3, 0.4) is 0 Å². The molecular formula is C24H33N5O7. The summed E-state index contributed by atoms with van der Waals surface area (Å²) in [5.74, 6) is -5.22. The monoisotopic (exact) mass is 503 g/mol. The molecule has 5 atom stereocenters. The van der Waals surface area contributed by atoms with E-state index in [0.717, 1.165) is 10.9 Å². The largest absolute Gasteiger partial charge is 0.481 e. The molecule has 12 nitrogen and oxygen atoms in total. The maximum atomic E-state index is 13.3. The van der Waals surface area contributed by atoms with Gasteiger partial charge in [0.2, 0.25) is 17.7 Å². The average Bonchev–Trinajstić information content (AvgIpc) is 3.24. The number of carboxylic acid groups (broad SMARTS) is 2. The number of carboxylic acids is 2. The van der Waals surface area contributed by atoms with Crippen molar-refractivity contribution >= 4 is 40.6 Å². The Bertz CT molecular complexity index is 1120. The maximum absolute atomic E-state index is 13.3. The molecule has 12 heteroatoms. The third-order valence-corrected chi connectivity index (χ3v) is 6.03. The lowest BCUT2D eigenvalue weighted by atomic mass is 9.98. The highest BCUT2D eigenvalue weighted by molar-refractivity contribution is 5.96. The Labute approximate surface area is 208 Å². The second-order valence-electron chi connectivity index (χ2n) is 8.76. The van der Waals surface area contributed by atoms with Gasteiger partial charge < -0.3 is 36.9 Å². The number of benzene rings is 1. The van der Waals surface area contributed by atoms with Crippen LogP contribution < -0.4 is 21.7 Å². The number of hydrogen-bond donors (Lipinski definition) is 7. The molecule has 0 aliphatic carbocycles.